The highest BCUT2D eigenvalue weighted by Crippen LogP contribution is 2.25. The Bertz CT molecular complexity index is 875. The molecule has 0 aliphatic carbocycles. The molecular weight excluding hydrogens is 320 g/mol. The summed E-state index contributed by atoms with van der Waals surface area (Å²) in [5, 5.41) is 5.62. The van der Waals surface area contributed by atoms with Crippen LogP contribution in [0.1, 0.15) is 35.7 Å². The van der Waals surface area contributed by atoms with Crippen molar-refractivity contribution in [2.45, 2.75) is 20.8 Å². The van der Waals surface area contributed by atoms with Crippen molar-refractivity contribution in [3.05, 3.63) is 59.1 Å². The van der Waals surface area contributed by atoms with Crippen LogP contribution in [0, 0.1) is 6.92 Å². The standard InChI is InChI=1S/C19H18N2O4/c1-4-24-19(23)14-6-8-15(9-7-14)21-18(22)17(13(3)20-21)11-16-10-5-12(2)25-16/h5-11H,4H2,1-3H3. The molecule has 0 atom stereocenters. The minimum atomic E-state index is -0.393. The molecule has 0 fully saturated rings. The summed E-state index contributed by atoms with van der Waals surface area (Å²) >= 11 is 0. The van der Waals surface area contributed by atoms with Crippen molar-refractivity contribution < 1.29 is 18.7 Å². The molecule has 1 aromatic carbocycles. The fraction of sp³-hybridized carbons (Fsp3) is 0.211. The van der Waals surface area contributed by atoms with Gasteiger partial charge >= 0.3 is 5.97 Å². The van der Waals surface area contributed by atoms with Crippen molar-refractivity contribution >= 4 is 29.4 Å². The molecule has 0 bridgehead atoms. The van der Waals surface area contributed by atoms with E-state index < -0.39 is 5.97 Å². The van der Waals surface area contributed by atoms with Gasteiger partial charge in [-0.25, -0.2) is 4.79 Å². The number of benzene rings is 1. The largest absolute Gasteiger partial charge is 0.462 e. The SMILES string of the molecule is CCOC(=O)c1ccc(N2N=C(C)C(=Cc3ccc(C)o3)C2=O)cc1. The Morgan fingerprint density at radius 3 is 2.52 bits per heavy atom. The summed E-state index contributed by atoms with van der Waals surface area (Å²) < 4.78 is 10.4. The van der Waals surface area contributed by atoms with Gasteiger partial charge in [0, 0.05) is 0 Å². The normalized spacial score (nSPS) is 15.6. The molecule has 1 aliphatic rings. The number of rotatable bonds is 4. The number of hydrogen-bond acceptors (Lipinski definition) is 5. The number of anilines is 1. The molecule has 128 valence electrons. The predicted molar refractivity (Wildman–Crippen MR) is 94.4 cm³/mol. The number of nitrogens with zero attached hydrogens (tertiary/aromatic N) is 2. The van der Waals surface area contributed by atoms with Gasteiger partial charge in [-0.05, 0) is 63.2 Å². The molecule has 1 aromatic heterocycles. The number of carbonyl (C=O) groups excluding carboxylic acids is 2. The Balaban J connectivity index is 1.83. The predicted octanol–water partition coefficient (Wildman–Crippen LogP) is 3.57. The topological polar surface area (TPSA) is 72.1 Å². The van der Waals surface area contributed by atoms with Crippen LogP contribution < -0.4 is 5.01 Å². The number of furan rings is 1. The van der Waals surface area contributed by atoms with Crippen molar-refractivity contribution in [3.8, 4) is 0 Å². The van der Waals surface area contributed by atoms with Gasteiger partial charge in [0.2, 0.25) is 0 Å². The Kier molecular flexibility index (Phi) is 4.52. The van der Waals surface area contributed by atoms with E-state index in [0.29, 0.717) is 34.9 Å². The van der Waals surface area contributed by atoms with Gasteiger partial charge in [-0.3, -0.25) is 4.79 Å². The Labute approximate surface area is 145 Å². The van der Waals surface area contributed by atoms with Crippen molar-refractivity contribution in [2.24, 2.45) is 5.10 Å². The molecule has 2 aromatic rings. The monoisotopic (exact) mass is 338 g/mol. The summed E-state index contributed by atoms with van der Waals surface area (Å²) in [4.78, 5) is 24.4. The average molecular weight is 338 g/mol. The highest BCUT2D eigenvalue weighted by Gasteiger charge is 2.29. The lowest BCUT2D eigenvalue weighted by molar-refractivity contribution is -0.114. The maximum atomic E-state index is 12.7. The second-order valence-electron chi connectivity index (χ2n) is 5.58. The Morgan fingerprint density at radius 2 is 1.92 bits per heavy atom. The zero-order valence-corrected chi connectivity index (χ0v) is 14.3. The van der Waals surface area contributed by atoms with Crippen LogP contribution in [0.5, 0.6) is 0 Å². The summed E-state index contributed by atoms with van der Waals surface area (Å²) in [5.41, 5.74) is 2.09. The summed E-state index contributed by atoms with van der Waals surface area (Å²) in [7, 11) is 0. The molecular formula is C19H18N2O4. The zero-order valence-electron chi connectivity index (χ0n) is 14.3. The highest BCUT2D eigenvalue weighted by atomic mass is 16.5. The number of hydrogen-bond donors (Lipinski definition) is 0. The second-order valence-corrected chi connectivity index (χ2v) is 5.58. The third-order valence-electron chi connectivity index (χ3n) is 3.73. The molecule has 1 aliphatic heterocycles. The van der Waals surface area contributed by atoms with E-state index in [9.17, 15) is 9.59 Å². The lowest BCUT2D eigenvalue weighted by atomic mass is 10.1. The molecule has 0 unspecified atom stereocenters. The van der Waals surface area contributed by atoms with Crippen LogP contribution in [0.4, 0.5) is 5.69 Å². The van der Waals surface area contributed by atoms with Gasteiger partial charge in [-0.1, -0.05) is 0 Å². The summed E-state index contributed by atoms with van der Waals surface area (Å²) in [5.74, 6) is 0.749. The number of hydrazone groups is 1. The molecule has 3 rings (SSSR count). The van der Waals surface area contributed by atoms with Crippen LogP contribution in [0.2, 0.25) is 0 Å². The quantitative estimate of drug-likeness (QED) is 0.631. The van der Waals surface area contributed by atoms with E-state index in [2.05, 4.69) is 5.10 Å². The first kappa shape index (κ1) is 16.7. The minimum Gasteiger partial charge on any atom is -0.462 e. The number of ether oxygens (including phenoxy) is 1. The molecule has 0 radical (unpaired) electrons. The average Bonchev–Trinajstić information content (AvgIpc) is 3.13. The van der Waals surface area contributed by atoms with Gasteiger partial charge in [0.05, 0.1) is 29.1 Å². The lowest BCUT2D eigenvalue weighted by Crippen LogP contribution is -2.21. The summed E-state index contributed by atoms with van der Waals surface area (Å²) in [6, 6.07) is 10.2. The molecule has 0 saturated heterocycles. The number of amides is 1. The van der Waals surface area contributed by atoms with Crippen LogP contribution in [0.3, 0.4) is 0 Å². The van der Waals surface area contributed by atoms with Crippen LogP contribution in [0.25, 0.3) is 6.08 Å². The van der Waals surface area contributed by atoms with E-state index in [4.69, 9.17) is 9.15 Å². The highest BCUT2D eigenvalue weighted by molar-refractivity contribution is 6.32. The van der Waals surface area contributed by atoms with Crippen molar-refractivity contribution in [1.82, 2.24) is 0 Å². The van der Waals surface area contributed by atoms with E-state index in [1.54, 1.807) is 50.3 Å². The number of aryl methyl sites for hydroxylation is 1. The number of carbonyl (C=O) groups is 2. The number of esters is 1. The van der Waals surface area contributed by atoms with Gasteiger partial charge in [0.1, 0.15) is 11.5 Å². The van der Waals surface area contributed by atoms with Gasteiger partial charge < -0.3 is 9.15 Å². The van der Waals surface area contributed by atoms with Crippen molar-refractivity contribution in [3.63, 3.8) is 0 Å². The second kappa shape index (κ2) is 6.76. The fourth-order valence-electron chi connectivity index (χ4n) is 2.49. The molecule has 6 heteroatoms. The van der Waals surface area contributed by atoms with Gasteiger partial charge in [0.25, 0.3) is 5.91 Å². The maximum Gasteiger partial charge on any atom is 0.338 e. The molecule has 0 saturated carbocycles. The first-order valence-corrected chi connectivity index (χ1v) is 7.95. The molecule has 6 nitrogen and oxygen atoms in total. The van der Waals surface area contributed by atoms with Gasteiger partial charge in [-0.15, -0.1) is 0 Å². The molecule has 0 N–H and O–H groups in total. The van der Waals surface area contributed by atoms with Gasteiger partial charge in [0.15, 0.2) is 0 Å². The van der Waals surface area contributed by atoms with E-state index in [0.717, 1.165) is 5.76 Å². The molecule has 25 heavy (non-hydrogen) atoms. The lowest BCUT2D eigenvalue weighted by Gasteiger charge is -2.12. The van der Waals surface area contributed by atoms with Crippen LogP contribution in [0.15, 0.2) is 51.5 Å². The molecule has 2 heterocycles. The Hall–Kier alpha value is -3.15. The molecule has 1 amide bonds. The van der Waals surface area contributed by atoms with E-state index in [1.807, 2.05) is 13.0 Å². The van der Waals surface area contributed by atoms with Gasteiger partial charge in [-0.2, -0.15) is 10.1 Å². The van der Waals surface area contributed by atoms with Crippen molar-refractivity contribution in [2.75, 3.05) is 11.6 Å². The van der Waals surface area contributed by atoms with Crippen LogP contribution >= 0.6 is 0 Å². The minimum absolute atomic E-state index is 0.240. The summed E-state index contributed by atoms with van der Waals surface area (Å²) in [6.07, 6.45) is 1.68. The smallest absolute Gasteiger partial charge is 0.338 e. The van der Waals surface area contributed by atoms with Crippen molar-refractivity contribution in [1.29, 1.82) is 0 Å². The van der Waals surface area contributed by atoms with E-state index >= 15 is 0 Å². The van der Waals surface area contributed by atoms with E-state index in [-0.39, 0.29) is 5.91 Å². The third-order valence-corrected chi connectivity index (χ3v) is 3.73. The zero-order chi connectivity index (χ0) is 18.0. The van der Waals surface area contributed by atoms with Crippen LogP contribution in [-0.2, 0) is 9.53 Å². The first-order valence-electron chi connectivity index (χ1n) is 7.95. The fourth-order valence-corrected chi connectivity index (χ4v) is 2.49. The molecule has 0 spiro atoms. The maximum absolute atomic E-state index is 12.7. The van der Waals surface area contributed by atoms with E-state index in [1.165, 1.54) is 5.01 Å². The Morgan fingerprint density at radius 1 is 1.20 bits per heavy atom. The third kappa shape index (κ3) is 3.38. The summed E-state index contributed by atoms with van der Waals surface area (Å²) in [6.45, 7) is 5.68. The van der Waals surface area contributed by atoms with Crippen LogP contribution in [-0.4, -0.2) is 24.2 Å². The first-order chi connectivity index (χ1) is 12.0.